The van der Waals surface area contributed by atoms with Crippen LogP contribution in [0.2, 0.25) is 0 Å². The number of ether oxygens (including phenoxy) is 1. The number of aromatic amines is 1. The van der Waals surface area contributed by atoms with Crippen molar-refractivity contribution in [3.8, 4) is 5.75 Å². The fraction of sp³-hybridized carbons (Fsp3) is 0.286. The summed E-state index contributed by atoms with van der Waals surface area (Å²) in [6.07, 6.45) is 2.46. The second kappa shape index (κ2) is 8.26. The average molecular weight is 416 g/mol. The molecule has 0 bridgehead atoms. The van der Waals surface area contributed by atoms with Gasteiger partial charge in [-0.05, 0) is 49.6 Å². The third-order valence-electron chi connectivity index (χ3n) is 4.68. The van der Waals surface area contributed by atoms with Crippen LogP contribution in [0.3, 0.4) is 0 Å². The molecule has 0 aliphatic carbocycles. The Morgan fingerprint density at radius 3 is 2.69 bits per heavy atom. The van der Waals surface area contributed by atoms with E-state index in [1.54, 1.807) is 0 Å². The summed E-state index contributed by atoms with van der Waals surface area (Å²) in [5.74, 6) is 0.0789. The minimum atomic E-state index is -3.77. The Morgan fingerprint density at radius 1 is 1.24 bits per heavy atom. The molecule has 3 aromatic rings. The van der Waals surface area contributed by atoms with Crippen molar-refractivity contribution < 1.29 is 17.9 Å². The number of carbonyl (C=O) groups excluding carboxylic acids is 1. The molecule has 1 amide bonds. The van der Waals surface area contributed by atoms with Crippen molar-refractivity contribution in [3.63, 3.8) is 0 Å². The van der Waals surface area contributed by atoms with E-state index in [-0.39, 0.29) is 16.8 Å². The molecular weight excluding hydrogens is 390 g/mol. The Labute approximate surface area is 170 Å². The van der Waals surface area contributed by atoms with E-state index in [0.717, 1.165) is 22.0 Å². The summed E-state index contributed by atoms with van der Waals surface area (Å²) < 4.78 is 33.6. The van der Waals surface area contributed by atoms with E-state index in [1.165, 1.54) is 32.2 Å². The molecule has 8 heteroatoms. The molecule has 1 aromatic heterocycles. The van der Waals surface area contributed by atoms with E-state index in [4.69, 9.17) is 4.74 Å². The number of benzene rings is 2. The van der Waals surface area contributed by atoms with Crippen molar-refractivity contribution in [3.05, 3.63) is 53.7 Å². The Bertz CT molecular complexity index is 1150. The fourth-order valence-corrected chi connectivity index (χ4v) is 4.65. The Hall–Kier alpha value is -2.84. The molecule has 0 aliphatic rings. The lowest BCUT2D eigenvalue weighted by atomic mass is 10.1. The van der Waals surface area contributed by atoms with Crippen molar-refractivity contribution >= 4 is 32.5 Å². The maximum absolute atomic E-state index is 12.9. The number of methoxy groups -OCH3 is 1. The van der Waals surface area contributed by atoms with Gasteiger partial charge in [-0.3, -0.25) is 4.79 Å². The van der Waals surface area contributed by atoms with Gasteiger partial charge < -0.3 is 15.0 Å². The van der Waals surface area contributed by atoms with E-state index in [0.29, 0.717) is 17.9 Å². The molecule has 0 fully saturated rings. The third kappa shape index (κ3) is 4.60. The topological polar surface area (TPSA) is 100 Å². The number of sulfonamides is 1. The van der Waals surface area contributed by atoms with Crippen LogP contribution in [0.4, 0.5) is 5.69 Å². The minimum absolute atomic E-state index is 0.0590. The lowest BCUT2D eigenvalue weighted by Gasteiger charge is -2.16. The molecule has 0 spiro atoms. The van der Waals surface area contributed by atoms with Gasteiger partial charge in [0.1, 0.15) is 5.75 Å². The van der Waals surface area contributed by atoms with Crippen LogP contribution >= 0.6 is 0 Å². The van der Waals surface area contributed by atoms with Crippen molar-refractivity contribution in [2.75, 3.05) is 12.4 Å². The van der Waals surface area contributed by atoms with Crippen molar-refractivity contribution in [1.29, 1.82) is 0 Å². The standard InChI is InChI=1S/C21H25N3O4S/c1-13-6-5-7-18-16(12-22-21(13)18)10-14(2)24-29(26,27)17-8-9-20(28-4)19(11-17)23-15(3)25/h5-9,11-12,14,22,24H,10H2,1-4H3,(H,23,25). The van der Waals surface area contributed by atoms with Gasteiger partial charge in [0, 0.05) is 30.1 Å². The second-order valence-electron chi connectivity index (χ2n) is 7.08. The van der Waals surface area contributed by atoms with Gasteiger partial charge >= 0.3 is 0 Å². The number of nitrogens with one attached hydrogen (secondary N) is 3. The van der Waals surface area contributed by atoms with Gasteiger partial charge in [0.25, 0.3) is 0 Å². The van der Waals surface area contributed by atoms with E-state index >= 15 is 0 Å². The van der Waals surface area contributed by atoms with Crippen LogP contribution in [-0.2, 0) is 21.2 Å². The number of rotatable bonds is 7. The molecule has 1 heterocycles. The van der Waals surface area contributed by atoms with Gasteiger partial charge in [-0.2, -0.15) is 0 Å². The maximum atomic E-state index is 12.9. The number of H-pyrrole nitrogens is 1. The number of carbonyl (C=O) groups is 1. The van der Waals surface area contributed by atoms with Crippen LogP contribution in [0.1, 0.15) is 25.0 Å². The van der Waals surface area contributed by atoms with Crippen molar-refractivity contribution in [2.24, 2.45) is 0 Å². The smallest absolute Gasteiger partial charge is 0.240 e. The van der Waals surface area contributed by atoms with Crippen LogP contribution in [0.5, 0.6) is 5.75 Å². The summed E-state index contributed by atoms with van der Waals surface area (Å²) in [5.41, 5.74) is 3.56. The van der Waals surface area contributed by atoms with E-state index in [9.17, 15) is 13.2 Å². The summed E-state index contributed by atoms with van der Waals surface area (Å²) >= 11 is 0. The minimum Gasteiger partial charge on any atom is -0.495 e. The van der Waals surface area contributed by atoms with Crippen LogP contribution < -0.4 is 14.8 Å². The fourth-order valence-electron chi connectivity index (χ4n) is 3.38. The van der Waals surface area contributed by atoms with Gasteiger partial charge in [-0.25, -0.2) is 13.1 Å². The molecule has 7 nitrogen and oxygen atoms in total. The zero-order valence-electron chi connectivity index (χ0n) is 16.9. The molecule has 3 N–H and O–H groups in total. The van der Waals surface area contributed by atoms with Gasteiger partial charge in [-0.15, -0.1) is 0 Å². The normalized spacial score (nSPS) is 12.7. The lowest BCUT2D eigenvalue weighted by Crippen LogP contribution is -2.34. The van der Waals surface area contributed by atoms with E-state index < -0.39 is 10.0 Å². The molecule has 2 aromatic carbocycles. The highest BCUT2D eigenvalue weighted by molar-refractivity contribution is 7.89. The quantitative estimate of drug-likeness (QED) is 0.551. The first kappa shape index (κ1) is 20.9. The van der Waals surface area contributed by atoms with Gasteiger partial charge in [0.05, 0.1) is 17.7 Å². The van der Waals surface area contributed by atoms with E-state index in [2.05, 4.69) is 15.0 Å². The van der Waals surface area contributed by atoms with Crippen molar-refractivity contribution in [2.45, 2.75) is 38.1 Å². The van der Waals surface area contributed by atoms with Gasteiger partial charge in [0.2, 0.25) is 15.9 Å². The molecule has 3 rings (SSSR count). The zero-order valence-corrected chi connectivity index (χ0v) is 17.7. The average Bonchev–Trinajstić information content (AvgIpc) is 3.05. The van der Waals surface area contributed by atoms with Crippen LogP contribution in [0.15, 0.2) is 47.5 Å². The summed E-state index contributed by atoms with van der Waals surface area (Å²) in [6.45, 7) is 5.21. The number of hydrogen-bond acceptors (Lipinski definition) is 4. The van der Waals surface area contributed by atoms with Gasteiger partial charge in [0.15, 0.2) is 0 Å². The SMILES string of the molecule is COc1ccc(S(=O)(=O)NC(C)Cc2c[nH]c3c(C)cccc23)cc1NC(C)=O. The third-order valence-corrected chi connectivity index (χ3v) is 6.27. The molecule has 0 saturated heterocycles. The first-order valence-electron chi connectivity index (χ1n) is 9.25. The van der Waals surface area contributed by atoms with Crippen LogP contribution in [0, 0.1) is 6.92 Å². The molecule has 0 aliphatic heterocycles. The zero-order chi connectivity index (χ0) is 21.2. The number of aryl methyl sites for hydroxylation is 1. The number of anilines is 1. The number of aromatic nitrogens is 1. The van der Waals surface area contributed by atoms with Crippen LogP contribution in [0.25, 0.3) is 10.9 Å². The Morgan fingerprint density at radius 2 is 2.00 bits per heavy atom. The highest BCUT2D eigenvalue weighted by Gasteiger charge is 2.20. The number of para-hydroxylation sites is 1. The summed E-state index contributed by atoms with van der Waals surface area (Å²) in [4.78, 5) is 14.7. The summed E-state index contributed by atoms with van der Waals surface area (Å²) in [5, 5.41) is 3.68. The number of amides is 1. The molecule has 1 unspecified atom stereocenters. The molecular formula is C21H25N3O4S. The number of hydrogen-bond donors (Lipinski definition) is 3. The Balaban J connectivity index is 1.81. The largest absolute Gasteiger partial charge is 0.495 e. The number of fused-ring (bicyclic) bond motifs is 1. The van der Waals surface area contributed by atoms with Crippen LogP contribution in [-0.4, -0.2) is 32.5 Å². The summed E-state index contributed by atoms with van der Waals surface area (Å²) in [7, 11) is -2.32. The molecule has 1 atom stereocenters. The maximum Gasteiger partial charge on any atom is 0.240 e. The monoisotopic (exact) mass is 415 g/mol. The highest BCUT2D eigenvalue weighted by atomic mass is 32.2. The predicted molar refractivity (Wildman–Crippen MR) is 114 cm³/mol. The Kier molecular flexibility index (Phi) is 5.95. The summed E-state index contributed by atoms with van der Waals surface area (Å²) in [6, 6.07) is 10.1. The predicted octanol–water partition coefficient (Wildman–Crippen LogP) is 3.35. The first-order chi connectivity index (χ1) is 13.7. The highest BCUT2D eigenvalue weighted by Crippen LogP contribution is 2.28. The second-order valence-corrected chi connectivity index (χ2v) is 8.80. The molecule has 154 valence electrons. The molecule has 0 radical (unpaired) electrons. The van der Waals surface area contributed by atoms with E-state index in [1.807, 2.05) is 38.2 Å². The first-order valence-corrected chi connectivity index (χ1v) is 10.7. The molecule has 0 saturated carbocycles. The lowest BCUT2D eigenvalue weighted by molar-refractivity contribution is -0.114. The van der Waals surface area contributed by atoms with Crippen molar-refractivity contribution in [1.82, 2.24) is 9.71 Å². The van der Waals surface area contributed by atoms with Gasteiger partial charge in [-0.1, -0.05) is 18.2 Å². The molecule has 29 heavy (non-hydrogen) atoms.